The van der Waals surface area contributed by atoms with E-state index in [2.05, 4.69) is 39.2 Å². The molecule has 0 radical (unpaired) electrons. The SMILES string of the molecule is O=P(c1ccccc1)(c1ccccc1)c1ccc(-c2ccc(-c3ccc(-c4nc(-c5ccc(F)c(F)c5)nc(-c5ccc(F)c(F)c5)n4)cc3)c3ccccc23)cc1. The molecule has 0 saturated carbocycles. The largest absolute Gasteiger partial charge is 0.309 e. The molecule has 0 saturated heterocycles. The Hall–Kier alpha value is -7.02. The van der Waals surface area contributed by atoms with Crippen molar-refractivity contribution >= 4 is 33.8 Å². The maximum Gasteiger partial charge on any atom is 0.171 e. The minimum atomic E-state index is -3.13. The number of hydrogen-bond acceptors (Lipinski definition) is 4. The monoisotopic (exact) mass is 783 g/mol. The first-order chi connectivity index (χ1) is 28.3. The van der Waals surface area contributed by atoms with Gasteiger partial charge in [0.2, 0.25) is 0 Å². The summed E-state index contributed by atoms with van der Waals surface area (Å²) >= 11 is 0. The number of rotatable bonds is 8. The number of halogens is 4. The molecule has 0 spiro atoms. The molecule has 0 fully saturated rings. The molecular weight excluding hydrogens is 754 g/mol. The zero-order valence-electron chi connectivity index (χ0n) is 30.5. The first-order valence-corrected chi connectivity index (χ1v) is 20.1. The molecule has 280 valence electrons. The molecule has 0 amide bonds. The van der Waals surface area contributed by atoms with Crippen LogP contribution in [0.5, 0.6) is 0 Å². The molecule has 4 nitrogen and oxygen atoms in total. The maximum atomic E-state index is 14.9. The van der Waals surface area contributed by atoms with Crippen molar-refractivity contribution < 1.29 is 22.1 Å². The third-order valence-electron chi connectivity index (χ3n) is 10.2. The molecule has 58 heavy (non-hydrogen) atoms. The molecule has 0 aliphatic carbocycles. The van der Waals surface area contributed by atoms with Gasteiger partial charge >= 0.3 is 0 Å². The number of benzene rings is 8. The summed E-state index contributed by atoms with van der Waals surface area (Å²) in [6.07, 6.45) is 0. The lowest BCUT2D eigenvalue weighted by atomic mass is 9.92. The minimum absolute atomic E-state index is 0.0327. The average Bonchev–Trinajstić information content (AvgIpc) is 3.28. The van der Waals surface area contributed by atoms with Crippen molar-refractivity contribution in [2.45, 2.75) is 0 Å². The van der Waals surface area contributed by atoms with Crippen LogP contribution in [0.4, 0.5) is 17.6 Å². The van der Waals surface area contributed by atoms with Crippen molar-refractivity contribution in [1.82, 2.24) is 15.0 Å². The second-order valence-corrected chi connectivity index (χ2v) is 16.4. The van der Waals surface area contributed by atoms with E-state index < -0.39 is 30.4 Å². The van der Waals surface area contributed by atoms with Crippen molar-refractivity contribution in [1.29, 1.82) is 0 Å². The fraction of sp³-hybridized carbons (Fsp3) is 0. The molecule has 0 unspecified atom stereocenters. The van der Waals surface area contributed by atoms with Crippen LogP contribution in [0.2, 0.25) is 0 Å². The Balaban J connectivity index is 1.08. The molecule has 0 aliphatic heterocycles. The Morgan fingerprint density at radius 2 is 0.672 bits per heavy atom. The van der Waals surface area contributed by atoms with Gasteiger partial charge in [-0.1, -0.05) is 146 Å². The van der Waals surface area contributed by atoms with Crippen LogP contribution >= 0.6 is 7.14 Å². The van der Waals surface area contributed by atoms with Gasteiger partial charge in [0.1, 0.15) is 0 Å². The van der Waals surface area contributed by atoms with Crippen LogP contribution in [0, 0.1) is 23.3 Å². The van der Waals surface area contributed by atoms with Gasteiger partial charge in [-0.3, -0.25) is 0 Å². The lowest BCUT2D eigenvalue weighted by Gasteiger charge is -2.20. The summed E-state index contributed by atoms with van der Waals surface area (Å²) in [6.45, 7) is 0. The van der Waals surface area contributed by atoms with E-state index in [4.69, 9.17) is 0 Å². The van der Waals surface area contributed by atoms with E-state index >= 15 is 0 Å². The van der Waals surface area contributed by atoms with Gasteiger partial charge in [-0.05, 0) is 69.4 Å². The minimum Gasteiger partial charge on any atom is -0.309 e. The number of nitrogens with zero attached hydrogens (tertiary/aromatic N) is 3. The molecule has 0 atom stereocenters. The molecular formula is C49H30F4N3OP. The second kappa shape index (κ2) is 15.1. The Morgan fingerprint density at radius 3 is 1.10 bits per heavy atom. The van der Waals surface area contributed by atoms with Crippen LogP contribution in [0.25, 0.3) is 67.2 Å². The number of hydrogen-bond donors (Lipinski definition) is 0. The summed E-state index contributed by atoms with van der Waals surface area (Å²) in [5, 5.41) is 4.37. The third-order valence-corrected chi connectivity index (χ3v) is 13.2. The summed E-state index contributed by atoms with van der Waals surface area (Å²) in [5.74, 6) is -3.94. The van der Waals surface area contributed by atoms with Crippen molar-refractivity contribution in [3.8, 4) is 56.4 Å². The molecule has 0 aliphatic rings. The highest BCUT2D eigenvalue weighted by molar-refractivity contribution is 7.85. The molecule has 9 rings (SSSR count). The van der Waals surface area contributed by atoms with Gasteiger partial charge in [-0.2, -0.15) is 0 Å². The van der Waals surface area contributed by atoms with E-state index in [0.29, 0.717) is 5.56 Å². The van der Waals surface area contributed by atoms with Crippen LogP contribution < -0.4 is 15.9 Å². The lowest BCUT2D eigenvalue weighted by Crippen LogP contribution is -2.24. The predicted octanol–water partition coefficient (Wildman–Crippen LogP) is 11.6. The summed E-state index contributed by atoms with van der Waals surface area (Å²) in [6, 6.07) is 53.6. The molecule has 1 aromatic heterocycles. The summed E-state index contributed by atoms with van der Waals surface area (Å²) in [4.78, 5) is 13.5. The average molecular weight is 784 g/mol. The maximum absolute atomic E-state index is 14.9. The first kappa shape index (κ1) is 36.6. The molecule has 0 N–H and O–H groups in total. The van der Waals surface area contributed by atoms with Crippen molar-refractivity contribution in [3.05, 3.63) is 205 Å². The number of aromatic nitrogens is 3. The van der Waals surface area contributed by atoms with Crippen LogP contribution in [0.3, 0.4) is 0 Å². The molecule has 8 aromatic carbocycles. The van der Waals surface area contributed by atoms with Crippen LogP contribution in [0.1, 0.15) is 0 Å². The quantitative estimate of drug-likeness (QED) is 0.114. The van der Waals surface area contributed by atoms with Gasteiger partial charge in [0.15, 0.2) is 47.9 Å². The van der Waals surface area contributed by atoms with E-state index in [1.165, 1.54) is 12.1 Å². The van der Waals surface area contributed by atoms with Gasteiger partial charge in [0.05, 0.1) is 0 Å². The zero-order chi connectivity index (χ0) is 39.8. The van der Waals surface area contributed by atoms with E-state index in [1.54, 1.807) is 0 Å². The second-order valence-electron chi connectivity index (χ2n) is 13.7. The van der Waals surface area contributed by atoms with Gasteiger partial charge in [0, 0.05) is 32.6 Å². The topological polar surface area (TPSA) is 55.7 Å². The van der Waals surface area contributed by atoms with Gasteiger partial charge < -0.3 is 4.57 Å². The van der Waals surface area contributed by atoms with Gasteiger partial charge in [0.25, 0.3) is 0 Å². The molecule has 1 heterocycles. The van der Waals surface area contributed by atoms with E-state index in [-0.39, 0.29) is 28.6 Å². The van der Waals surface area contributed by atoms with Crippen molar-refractivity contribution in [2.24, 2.45) is 0 Å². The summed E-state index contributed by atoms with van der Waals surface area (Å²) in [7, 11) is -3.13. The van der Waals surface area contributed by atoms with Crippen molar-refractivity contribution in [3.63, 3.8) is 0 Å². The highest BCUT2D eigenvalue weighted by atomic mass is 31.2. The fourth-order valence-electron chi connectivity index (χ4n) is 7.21. The van der Waals surface area contributed by atoms with Gasteiger partial charge in [-0.15, -0.1) is 0 Å². The smallest absolute Gasteiger partial charge is 0.171 e. The Bertz CT molecular complexity index is 2900. The van der Waals surface area contributed by atoms with Crippen LogP contribution in [-0.2, 0) is 4.57 Å². The standard InChI is InChI=1S/C49H30F4N3OP/c50-43-27-21-34(29-45(43)52)48-54-47(55-49(56-48)35-22-28-44(51)46(53)30-35)33-17-15-31(16-18-33)39-25-26-40(42-14-8-7-13-41(39)42)32-19-23-38(24-20-32)58(57,36-9-3-1-4-10-36)37-11-5-2-6-12-37/h1-30H. The third kappa shape index (κ3) is 6.78. The first-order valence-electron chi connectivity index (χ1n) is 18.4. The molecule has 0 bridgehead atoms. The number of fused-ring (bicyclic) bond motifs is 1. The lowest BCUT2D eigenvalue weighted by molar-refractivity contribution is 0.509. The summed E-state index contributed by atoms with van der Waals surface area (Å²) in [5.41, 5.74) is 4.87. The fourth-order valence-corrected chi connectivity index (χ4v) is 9.86. The van der Waals surface area contributed by atoms with Gasteiger partial charge in [-0.25, -0.2) is 32.5 Å². The Labute approximate surface area is 331 Å². The summed E-state index contributed by atoms with van der Waals surface area (Å²) < 4.78 is 71.1. The Kier molecular flexibility index (Phi) is 9.56. The van der Waals surface area contributed by atoms with Crippen molar-refractivity contribution in [2.75, 3.05) is 0 Å². The molecule has 9 aromatic rings. The van der Waals surface area contributed by atoms with Crippen LogP contribution in [-0.4, -0.2) is 15.0 Å². The highest BCUT2D eigenvalue weighted by Gasteiger charge is 2.29. The predicted molar refractivity (Wildman–Crippen MR) is 224 cm³/mol. The molecule has 9 heteroatoms. The normalized spacial score (nSPS) is 11.5. The van der Waals surface area contributed by atoms with E-state index in [0.717, 1.165) is 73.2 Å². The van der Waals surface area contributed by atoms with Crippen LogP contribution in [0.15, 0.2) is 182 Å². The highest BCUT2D eigenvalue weighted by Crippen LogP contribution is 2.43. The Morgan fingerprint density at radius 1 is 0.328 bits per heavy atom. The van der Waals surface area contributed by atoms with E-state index in [9.17, 15) is 22.1 Å². The zero-order valence-corrected chi connectivity index (χ0v) is 31.4. The van der Waals surface area contributed by atoms with E-state index in [1.807, 2.05) is 121 Å².